The Kier molecular flexibility index (Phi) is 7.20. The molecule has 0 aliphatic heterocycles. The molecule has 0 bridgehead atoms. The fourth-order valence-electron chi connectivity index (χ4n) is 5.76. The Hall–Kier alpha value is -1.56. The third-order valence-corrected chi connectivity index (χ3v) is 7.59. The van der Waals surface area contributed by atoms with Crippen LogP contribution in [0.2, 0.25) is 0 Å². The number of hydrogen-bond donors (Lipinski definition) is 0. The van der Waals surface area contributed by atoms with Crippen LogP contribution in [0.25, 0.3) is 0 Å². The molecular weight excluding hydrogens is 396 g/mol. The van der Waals surface area contributed by atoms with E-state index in [2.05, 4.69) is 123 Å². The van der Waals surface area contributed by atoms with Gasteiger partial charge in [0.15, 0.2) is 0 Å². The van der Waals surface area contributed by atoms with Gasteiger partial charge in [0, 0.05) is 0 Å². The highest BCUT2D eigenvalue weighted by molar-refractivity contribution is 5.56. The van der Waals surface area contributed by atoms with E-state index in [4.69, 9.17) is 0 Å². The minimum absolute atomic E-state index is 0.125. The van der Waals surface area contributed by atoms with Gasteiger partial charge in [0.05, 0.1) is 0 Å². The first-order valence-corrected chi connectivity index (χ1v) is 12.9. The third kappa shape index (κ3) is 5.58. The lowest BCUT2D eigenvalue weighted by molar-refractivity contribution is 0.559. The van der Waals surface area contributed by atoms with Gasteiger partial charge in [0.25, 0.3) is 0 Å². The van der Waals surface area contributed by atoms with E-state index >= 15 is 0 Å². The second kappa shape index (κ2) is 8.58. The molecule has 2 aromatic rings. The summed E-state index contributed by atoms with van der Waals surface area (Å²) in [6, 6.07) is 5.00. The van der Waals surface area contributed by atoms with Crippen molar-refractivity contribution >= 4 is 0 Å². The molecule has 0 N–H and O–H groups in total. The van der Waals surface area contributed by atoms with Crippen LogP contribution in [0.4, 0.5) is 0 Å². The lowest BCUT2D eigenvalue weighted by Gasteiger charge is -2.33. The first-order chi connectivity index (χ1) is 14.6. The van der Waals surface area contributed by atoms with Gasteiger partial charge in [-0.25, -0.2) is 0 Å². The molecule has 2 aromatic carbocycles. The Morgan fingerprint density at radius 1 is 0.394 bits per heavy atom. The van der Waals surface area contributed by atoms with E-state index in [-0.39, 0.29) is 21.7 Å². The molecule has 33 heavy (non-hydrogen) atoms. The molecule has 0 heteroatoms. The molecule has 0 saturated carbocycles. The van der Waals surface area contributed by atoms with E-state index in [1.54, 1.807) is 0 Å². The Balaban J connectivity index is 2.96. The molecule has 0 radical (unpaired) electrons. The lowest BCUT2D eigenvalue weighted by Crippen LogP contribution is -2.23. The van der Waals surface area contributed by atoms with Crippen LogP contribution < -0.4 is 0 Å². The maximum Gasteiger partial charge on any atom is -0.00149 e. The molecule has 0 fully saturated rings. The quantitative estimate of drug-likeness (QED) is 0.429. The molecular formula is C33H52. The van der Waals surface area contributed by atoms with Gasteiger partial charge in [-0.2, -0.15) is 0 Å². The van der Waals surface area contributed by atoms with Crippen molar-refractivity contribution < 1.29 is 0 Å². The monoisotopic (exact) mass is 448 g/mol. The summed E-state index contributed by atoms with van der Waals surface area (Å²) in [7, 11) is 0. The van der Waals surface area contributed by atoms with E-state index in [1.165, 1.54) is 55.6 Å². The van der Waals surface area contributed by atoms with Crippen molar-refractivity contribution in [2.45, 2.75) is 139 Å². The van der Waals surface area contributed by atoms with Crippen molar-refractivity contribution in [3.05, 3.63) is 67.8 Å². The summed E-state index contributed by atoms with van der Waals surface area (Å²) in [5.74, 6) is 0. The highest BCUT2D eigenvalue weighted by Crippen LogP contribution is 2.41. The summed E-state index contributed by atoms with van der Waals surface area (Å²) in [6.45, 7) is 37.7. The molecule has 0 heterocycles. The summed E-state index contributed by atoms with van der Waals surface area (Å²) in [5, 5.41) is 0. The fourth-order valence-corrected chi connectivity index (χ4v) is 5.76. The van der Waals surface area contributed by atoms with Crippen molar-refractivity contribution in [2.24, 2.45) is 0 Å². The van der Waals surface area contributed by atoms with Crippen LogP contribution in [0.1, 0.15) is 139 Å². The summed E-state index contributed by atoms with van der Waals surface area (Å²) in [6.07, 6.45) is 1.01. The maximum atomic E-state index is 2.50. The van der Waals surface area contributed by atoms with Crippen LogP contribution in [-0.4, -0.2) is 0 Å². The van der Waals surface area contributed by atoms with Gasteiger partial charge >= 0.3 is 0 Å². The molecule has 0 nitrogen and oxygen atoms in total. The van der Waals surface area contributed by atoms with Crippen molar-refractivity contribution in [2.75, 3.05) is 0 Å². The normalized spacial score (nSPS) is 13.6. The Morgan fingerprint density at radius 2 is 0.576 bits per heavy atom. The van der Waals surface area contributed by atoms with Crippen LogP contribution in [-0.2, 0) is 28.1 Å². The van der Waals surface area contributed by atoms with Gasteiger partial charge < -0.3 is 0 Å². The van der Waals surface area contributed by atoms with Crippen molar-refractivity contribution in [3.8, 4) is 0 Å². The summed E-state index contributed by atoms with van der Waals surface area (Å²) in [5.41, 5.74) is 15.4. The van der Waals surface area contributed by atoms with Crippen LogP contribution >= 0.6 is 0 Å². The minimum atomic E-state index is 0.125. The summed E-state index contributed by atoms with van der Waals surface area (Å²) in [4.78, 5) is 0. The smallest absolute Gasteiger partial charge is 0.00149 e. The van der Waals surface area contributed by atoms with E-state index in [0.717, 1.165) is 6.42 Å². The average molecular weight is 449 g/mol. The van der Waals surface area contributed by atoms with Crippen LogP contribution in [0.3, 0.4) is 0 Å². The first kappa shape index (κ1) is 27.7. The zero-order chi connectivity index (χ0) is 25.9. The van der Waals surface area contributed by atoms with Crippen molar-refractivity contribution in [3.63, 3.8) is 0 Å². The van der Waals surface area contributed by atoms with E-state index in [0.29, 0.717) is 0 Å². The van der Waals surface area contributed by atoms with Gasteiger partial charge in [0.2, 0.25) is 0 Å². The van der Waals surface area contributed by atoms with E-state index in [1.807, 2.05) is 0 Å². The zero-order valence-electron chi connectivity index (χ0n) is 24.9. The highest BCUT2D eigenvalue weighted by Gasteiger charge is 2.29. The second-order valence-corrected chi connectivity index (χ2v) is 14.6. The van der Waals surface area contributed by atoms with Crippen molar-refractivity contribution in [1.82, 2.24) is 0 Å². The topological polar surface area (TPSA) is 0 Å². The zero-order valence-corrected chi connectivity index (χ0v) is 24.9. The molecule has 0 atom stereocenters. The molecule has 0 aromatic heterocycles. The number of benzene rings is 2. The summed E-state index contributed by atoms with van der Waals surface area (Å²) >= 11 is 0. The Morgan fingerprint density at radius 3 is 0.727 bits per heavy atom. The number of rotatable bonds is 2. The molecule has 2 rings (SSSR count). The standard InChI is InChI=1S/C33H52/c1-20-24(21(2)27(31(8,9)10)18-26(20)30(5,6)7)17-25-22(3)28(32(11,12)13)19-29(23(25)4)33(14,15)16/h18-19H,17H2,1-16H3. The fraction of sp³-hybridized carbons (Fsp3) is 0.636. The predicted octanol–water partition coefficient (Wildman–Crippen LogP) is 9.70. The lowest BCUT2D eigenvalue weighted by atomic mass is 9.71. The van der Waals surface area contributed by atoms with Crippen LogP contribution in [0.5, 0.6) is 0 Å². The van der Waals surface area contributed by atoms with Crippen LogP contribution in [0, 0.1) is 27.7 Å². The van der Waals surface area contributed by atoms with Gasteiger partial charge in [0.1, 0.15) is 0 Å². The van der Waals surface area contributed by atoms with Gasteiger partial charge in [-0.1, -0.05) is 95.2 Å². The first-order valence-electron chi connectivity index (χ1n) is 12.9. The molecule has 0 unspecified atom stereocenters. The second-order valence-electron chi connectivity index (χ2n) is 14.6. The molecule has 0 aliphatic rings. The molecule has 0 saturated heterocycles. The van der Waals surface area contributed by atoms with E-state index in [9.17, 15) is 0 Å². The highest BCUT2D eigenvalue weighted by atomic mass is 14.3. The molecule has 0 aliphatic carbocycles. The largest absolute Gasteiger partial charge is 0.0561 e. The minimum Gasteiger partial charge on any atom is -0.0561 e. The molecule has 0 amide bonds. The van der Waals surface area contributed by atoms with Gasteiger partial charge in [-0.3, -0.25) is 0 Å². The Labute approximate surface area is 206 Å². The predicted molar refractivity (Wildman–Crippen MR) is 149 cm³/mol. The average Bonchev–Trinajstić information content (AvgIpc) is 2.56. The number of hydrogen-bond acceptors (Lipinski definition) is 0. The van der Waals surface area contributed by atoms with Gasteiger partial charge in [-0.05, 0) is 111 Å². The molecule has 184 valence electrons. The van der Waals surface area contributed by atoms with Crippen LogP contribution in [0.15, 0.2) is 12.1 Å². The molecule has 0 spiro atoms. The van der Waals surface area contributed by atoms with Crippen molar-refractivity contribution in [1.29, 1.82) is 0 Å². The summed E-state index contributed by atoms with van der Waals surface area (Å²) < 4.78 is 0. The van der Waals surface area contributed by atoms with E-state index < -0.39 is 0 Å². The van der Waals surface area contributed by atoms with Gasteiger partial charge in [-0.15, -0.1) is 0 Å². The third-order valence-electron chi connectivity index (χ3n) is 7.59. The Bertz CT molecular complexity index is 870. The maximum absolute atomic E-state index is 2.50. The SMILES string of the molecule is Cc1c(C(C)(C)C)cc(C(C)(C)C)c(C)c1Cc1c(C)c(C(C)(C)C)cc(C(C)(C)C)c1C.